The van der Waals surface area contributed by atoms with Crippen LogP contribution in [0.3, 0.4) is 0 Å². The summed E-state index contributed by atoms with van der Waals surface area (Å²) in [4.78, 5) is 38.7. The smallest absolute Gasteiger partial charge is 0.293 e. The molecule has 0 atom stereocenters. The first-order valence-corrected chi connectivity index (χ1v) is 11.1. The zero-order valence-electron chi connectivity index (χ0n) is 18.3. The molecule has 10 heteroatoms. The van der Waals surface area contributed by atoms with E-state index in [9.17, 15) is 14.4 Å². The quantitative estimate of drug-likeness (QED) is 0.535. The van der Waals surface area contributed by atoms with Gasteiger partial charge in [-0.15, -0.1) is 0 Å². The van der Waals surface area contributed by atoms with Crippen molar-refractivity contribution in [3.05, 3.63) is 57.5 Å². The lowest BCUT2D eigenvalue weighted by molar-refractivity contribution is -0.124. The minimum Gasteiger partial charge on any atom is -0.493 e. The van der Waals surface area contributed by atoms with Gasteiger partial charge < -0.3 is 19.5 Å². The molecule has 2 aromatic carbocycles. The van der Waals surface area contributed by atoms with Crippen molar-refractivity contribution in [1.82, 2.24) is 10.2 Å². The molecule has 1 fully saturated rings. The second-order valence-electron chi connectivity index (χ2n) is 6.91. The molecule has 1 N–H and O–H groups in total. The third-order valence-electron chi connectivity index (χ3n) is 4.82. The Morgan fingerprint density at radius 1 is 1.09 bits per heavy atom. The van der Waals surface area contributed by atoms with Gasteiger partial charge in [-0.2, -0.15) is 0 Å². The molecule has 0 unspecified atom stereocenters. The molecular weight excluding hydrogens is 468 g/mol. The van der Waals surface area contributed by atoms with E-state index in [4.69, 9.17) is 25.8 Å². The van der Waals surface area contributed by atoms with Crippen LogP contribution in [0, 0.1) is 0 Å². The molecule has 33 heavy (non-hydrogen) atoms. The van der Waals surface area contributed by atoms with E-state index in [-0.39, 0.29) is 30.3 Å². The standard InChI is InChI=1S/C23H23ClN2O6S/c1-30-17-10-14(11-18(31-2)21(17)32-3)12-19-22(28)26(23(29)33-19)9-8-25-20(27)13-15-6-4-5-7-16(15)24/h4-7,10-12H,8-9,13H2,1-3H3,(H,25,27). The molecule has 0 radical (unpaired) electrons. The average Bonchev–Trinajstić information content (AvgIpc) is 3.07. The van der Waals surface area contributed by atoms with Gasteiger partial charge in [0.25, 0.3) is 11.1 Å². The van der Waals surface area contributed by atoms with Crippen molar-refractivity contribution in [1.29, 1.82) is 0 Å². The Labute approximate surface area is 200 Å². The maximum atomic E-state index is 12.8. The second kappa shape index (κ2) is 11.1. The Kier molecular flexibility index (Phi) is 8.24. The summed E-state index contributed by atoms with van der Waals surface area (Å²) in [6, 6.07) is 10.4. The lowest BCUT2D eigenvalue weighted by Crippen LogP contribution is -2.37. The number of ether oxygens (including phenoxy) is 3. The number of benzene rings is 2. The SMILES string of the molecule is COc1cc(C=C2SC(=O)N(CCNC(=O)Cc3ccccc3Cl)C2=O)cc(OC)c1OC. The van der Waals surface area contributed by atoms with Crippen molar-refractivity contribution in [3.63, 3.8) is 0 Å². The van der Waals surface area contributed by atoms with Gasteiger partial charge in [0.05, 0.1) is 32.7 Å². The van der Waals surface area contributed by atoms with Crippen LogP contribution in [0.15, 0.2) is 41.3 Å². The van der Waals surface area contributed by atoms with Crippen LogP contribution in [0.25, 0.3) is 6.08 Å². The zero-order chi connectivity index (χ0) is 24.0. The molecular formula is C23H23ClN2O6S. The molecule has 8 nitrogen and oxygen atoms in total. The van der Waals surface area contributed by atoms with Crippen molar-refractivity contribution >= 4 is 46.5 Å². The highest BCUT2D eigenvalue weighted by molar-refractivity contribution is 8.18. The Morgan fingerprint density at radius 3 is 2.36 bits per heavy atom. The van der Waals surface area contributed by atoms with Gasteiger partial charge in [0, 0.05) is 18.1 Å². The molecule has 0 bridgehead atoms. The summed E-state index contributed by atoms with van der Waals surface area (Å²) in [6.45, 7) is 0.199. The van der Waals surface area contributed by atoms with Crippen molar-refractivity contribution < 1.29 is 28.6 Å². The number of amides is 3. The monoisotopic (exact) mass is 490 g/mol. The molecule has 0 saturated carbocycles. The molecule has 0 spiro atoms. The second-order valence-corrected chi connectivity index (χ2v) is 8.31. The maximum Gasteiger partial charge on any atom is 0.293 e. The van der Waals surface area contributed by atoms with Gasteiger partial charge in [0.2, 0.25) is 11.7 Å². The Bertz CT molecular complexity index is 1080. The number of nitrogens with zero attached hydrogens (tertiary/aromatic N) is 1. The van der Waals surface area contributed by atoms with E-state index >= 15 is 0 Å². The summed E-state index contributed by atoms with van der Waals surface area (Å²) in [5.41, 5.74) is 1.32. The van der Waals surface area contributed by atoms with Gasteiger partial charge in [-0.05, 0) is 47.2 Å². The molecule has 1 aliphatic heterocycles. The van der Waals surface area contributed by atoms with Gasteiger partial charge in [-0.3, -0.25) is 19.3 Å². The van der Waals surface area contributed by atoms with Gasteiger partial charge in [-0.1, -0.05) is 29.8 Å². The molecule has 0 aromatic heterocycles. The van der Waals surface area contributed by atoms with E-state index in [2.05, 4.69) is 5.32 Å². The van der Waals surface area contributed by atoms with Gasteiger partial charge in [0.1, 0.15) is 0 Å². The number of imide groups is 1. The number of methoxy groups -OCH3 is 3. The van der Waals surface area contributed by atoms with E-state index in [1.165, 1.54) is 21.3 Å². The number of thioether (sulfide) groups is 1. The summed E-state index contributed by atoms with van der Waals surface area (Å²) in [6.07, 6.45) is 1.70. The lowest BCUT2D eigenvalue weighted by atomic mass is 10.1. The molecule has 3 rings (SSSR count). The highest BCUT2D eigenvalue weighted by Gasteiger charge is 2.34. The minimum absolute atomic E-state index is 0.0610. The summed E-state index contributed by atoms with van der Waals surface area (Å²) in [5.74, 6) is 0.618. The van der Waals surface area contributed by atoms with Crippen LogP contribution in [0.2, 0.25) is 5.02 Å². The number of nitrogens with one attached hydrogen (secondary N) is 1. The van der Waals surface area contributed by atoms with Crippen LogP contribution in [-0.4, -0.2) is 56.4 Å². The van der Waals surface area contributed by atoms with E-state index in [1.807, 2.05) is 0 Å². The van der Waals surface area contributed by atoms with E-state index in [1.54, 1.807) is 42.5 Å². The fourth-order valence-corrected chi connectivity index (χ4v) is 4.28. The number of halogens is 1. The molecule has 1 heterocycles. The van der Waals surface area contributed by atoms with Crippen LogP contribution < -0.4 is 19.5 Å². The van der Waals surface area contributed by atoms with Crippen molar-refractivity contribution in [2.75, 3.05) is 34.4 Å². The molecule has 0 aliphatic carbocycles. The topological polar surface area (TPSA) is 94.2 Å². The largest absolute Gasteiger partial charge is 0.493 e. The number of rotatable bonds is 9. The van der Waals surface area contributed by atoms with Crippen LogP contribution in [0.4, 0.5) is 4.79 Å². The maximum absolute atomic E-state index is 12.8. The first kappa shape index (κ1) is 24.5. The fraction of sp³-hybridized carbons (Fsp3) is 0.261. The number of hydrogen-bond donors (Lipinski definition) is 1. The van der Waals surface area contributed by atoms with E-state index in [0.717, 1.165) is 16.7 Å². The van der Waals surface area contributed by atoms with Crippen LogP contribution in [0.5, 0.6) is 17.2 Å². The first-order valence-electron chi connectivity index (χ1n) is 9.93. The Balaban J connectivity index is 1.64. The number of carbonyl (C=O) groups is 3. The number of hydrogen-bond acceptors (Lipinski definition) is 7. The van der Waals surface area contributed by atoms with Gasteiger partial charge in [-0.25, -0.2) is 0 Å². The highest BCUT2D eigenvalue weighted by atomic mass is 35.5. The van der Waals surface area contributed by atoms with Crippen LogP contribution in [-0.2, 0) is 16.0 Å². The van der Waals surface area contributed by atoms with Crippen LogP contribution in [0.1, 0.15) is 11.1 Å². The fourth-order valence-electron chi connectivity index (χ4n) is 3.21. The minimum atomic E-state index is -0.431. The predicted molar refractivity (Wildman–Crippen MR) is 127 cm³/mol. The third-order valence-corrected chi connectivity index (χ3v) is 6.10. The van der Waals surface area contributed by atoms with Crippen molar-refractivity contribution in [2.24, 2.45) is 0 Å². The molecule has 2 aromatic rings. The summed E-state index contributed by atoms with van der Waals surface area (Å²) >= 11 is 6.90. The van der Waals surface area contributed by atoms with Gasteiger partial charge in [0.15, 0.2) is 11.5 Å². The van der Waals surface area contributed by atoms with Crippen molar-refractivity contribution in [3.8, 4) is 17.2 Å². The first-order chi connectivity index (χ1) is 15.9. The van der Waals surface area contributed by atoms with Crippen molar-refractivity contribution in [2.45, 2.75) is 6.42 Å². The predicted octanol–water partition coefficient (Wildman–Crippen LogP) is 3.76. The van der Waals surface area contributed by atoms with E-state index in [0.29, 0.717) is 33.4 Å². The molecule has 3 amide bonds. The normalized spacial score (nSPS) is 14.5. The Morgan fingerprint density at radius 2 is 1.76 bits per heavy atom. The summed E-state index contributed by atoms with van der Waals surface area (Å²) in [7, 11) is 4.49. The Hall–Kier alpha value is -3.17. The molecule has 1 saturated heterocycles. The number of carbonyl (C=O) groups excluding carboxylic acids is 3. The zero-order valence-corrected chi connectivity index (χ0v) is 19.9. The average molecular weight is 491 g/mol. The van der Waals surface area contributed by atoms with Gasteiger partial charge >= 0.3 is 0 Å². The highest BCUT2D eigenvalue weighted by Crippen LogP contribution is 2.40. The van der Waals surface area contributed by atoms with Crippen LogP contribution >= 0.6 is 23.4 Å². The molecule has 1 aliphatic rings. The van der Waals surface area contributed by atoms with E-state index < -0.39 is 11.1 Å². The lowest BCUT2D eigenvalue weighted by Gasteiger charge is -2.14. The molecule has 174 valence electrons. The summed E-state index contributed by atoms with van der Waals surface area (Å²) < 4.78 is 16.0. The summed E-state index contributed by atoms with van der Waals surface area (Å²) in [5, 5.41) is 2.82. The third kappa shape index (κ3) is 5.80.